The van der Waals surface area contributed by atoms with Gasteiger partial charge in [0.2, 0.25) is 0 Å². The molecule has 0 amide bonds. The summed E-state index contributed by atoms with van der Waals surface area (Å²) in [6, 6.07) is 78.3. The van der Waals surface area contributed by atoms with E-state index in [0.717, 1.165) is 167 Å². The van der Waals surface area contributed by atoms with Crippen LogP contribution in [-0.4, -0.2) is 34.9 Å². The summed E-state index contributed by atoms with van der Waals surface area (Å²) in [7, 11) is 0. The first-order valence-electron chi connectivity index (χ1n) is 29.5. The molecule has 418 valence electrons. The largest absolute Gasteiger partial charge is 0.309 e. The van der Waals surface area contributed by atoms with Crippen LogP contribution in [0.4, 0.5) is 68.2 Å². The Bertz CT molecular complexity index is 4730. The lowest BCUT2D eigenvalue weighted by Gasteiger charge is -2.35. The lowest BCUT2D eigenvalue weighted by atomic mass is 9.88. The van der Waals surface area contributed by atoms with Gasteiger partial charge >= 0.3 is 0 Å². The van der Waals surface area contributed by atoms with Crippen molar-refractivity contribution in [3.8, 4) is 0 Å². The Morgan fingerprint density at radius 3 is 0.841 bits per heavy atom. The molecule has 0 bridgehead atoms. The van der Waals surface area contributed by atoms with Crippen LogP contribution in [0.15, 0.2) is 262 Å². The van der Waals surface area contributed by atoms with Crippen LogP contribution in [0.25, 0.3) is 76.3 Å². The highest BCUT2D eigenvalue weighted by Crippen LogP contribution is 2.57. The van der Waals surface area contributed by atoms with Crippen LogP contribution in [0.3, 0.4) is 0 Å². The zero-order valence-corrected chi connectivity index (χ0v) is 48.7. The molecule has 0 saturated heterocycles. The smallest absolute Gasteiger partial charge is 0.113 e. The Morgan fingerprint density at radius 2 is 0.489 bits per heavy atom. The van der Waals surface area contributed by atoms with E-state index in [1.165, 1.54) is 0 Å². The molecule has 0 aliphatic heterocycles. The zero-order chi connectivity index (χ0) is 59.0. The summed E-state index contributed by atoms with van der Waals surface area (Å²) in [6.45, 7) is 8.76. The number of para-hydroxylation sites is 7. The maximum atomic E-state index is 5.13. The normalized spacial score (nSPS) is 11.6. The first kappa shape index (κ1) is 51.9. The van der Waals surface area contributed by atoms with E-state index in [1.807, 2.05) is 30.5 Å². The quantitative estimate of drug-likeness (QED) is 0.109. The number of aryl methyl sites for hydroxylation is 4. The molecule has 12 aromatic carbocycles. The SMILES string of the molecule is Cc1ccccc1N(c1cccc2ncccc12)c1cc(N(c2ccccc2C)c2cccc3nccnc23)c2ccc3c(N(c4ccccc4C)c4cccc5nccnc45)cc(N(c4ccccc4C)c4cccc5nccnc45)c4ccc1c2c43. The Morgan fingerprint density at radius 1 is 0.205 bits per heavy atom. The van der Waals surface area contributed by atoms with Gasteiger partial charge < -0.3 is 19.6 Å². The molecule has 0 radical (unpaired) electrons. The lowest BCUT2D eigenvalue weighted by Crippen LogP contribution is -2.17. The molecule has 0 atom stereocenters. The molecule has 0 fully saturated rings. The fraction of sp³-hybridized carbons (Fsp3) is 0.0519. The minimum atomic E-state index is 0.774. The minimum absolute atomic E-state index is 0.774. The molecular formula is C77H55N11. The predicted octanol–water partition coefficient (Wildman–Crippen LogP) is 20.1. The van der Waals surface area contributed by atoms with Gasteiger partial charge in [-0.25, -0.2) is 0 Å². The molecule has 0 aliphatic rings. The van der Waals surface area contributed by atoms with Crippen LogP contribution in [-0.2, 0) is 0 Å². The van der Waals surface area contributed by atoms with E-state index in [4.69, 9.17) is 34.9 Å². The van der Waals surface area contributed by atoms with Crippen molar-refractivity contribution in [1.29, 1.82) is 0 Å². The van der Waals surface area contributed by atoms with Gasteiger partial charge in [0.25, 0.3) is 0 Å². The average Bonchev–Trinajstić information content (AvgIpc) is 0.717. The molecule has 0 N–H and O–H groups in total. The zero-order valence-electron chi connectivity index (χ0n) is 48.7. The lowest BCUT2D eigenvalue weighted by molar-refractivity contribution is 1.22. The highest BCUT2D eigenvalue weighted by atomic mass is 15.2. The van der Waals surface area contributed by atoms with E-state index >= 15 is 0 Å². The first-order valence-corrected chi connectivity index (χ1v) is 29.5. The van der Waals surface area contributed by atoms with E-state index in [1.54, 1.807) is 37.2 Å². The van der Waals surface area contributed by atoms with E-state index in [-0.39, 0.29) is 0 Å². The minimum Gasteiger partial charge on any atom is -0.309 e. The summed E-state index contributed by atoms with van der Waals surface area (Å²) < 4.78 is 0. The number of hydrogen-bond donors (Lipinski definition) is 0. The summed E-state index contributed by atoms with van der Waals surface area (Å²) in [5.74, 6) is 0. The molecule has 0 saturated carbocycles. The van der Waals surface area contributed by atoms with Gasteiger partial charge in [-0.3, -0.25) is 34.9 Å². The van der Waals surface area contributed by atoms with Gasteiger partial charge in [-0.1, -0.05) is 121 Å². The molecule has 0 aliphatic carbocycles. The van der Waals surface area contributed by atoms with E-state index in [9.17, 15) is 0 Å². The van der Waals surface area contributed by atoms with E-state index in [0.29, 0.717) is 0 Å². The van der Waals surface area contributed by atoms with Crippen LogP contribution in [0.1, 0.15) is 22.3 Å². The van der Waals surface area contributed by atoms with Crippen molar-refractivity contribution in [3.63, 3.8) is 0 Å². The standard InChI is InChI=1S/C77H55N11/c1-48-18-5-9-27-61(48)85(65-31-13-23-57-52(65)22-17-39-78-57)69-46-70(86(62-28-10-6-19-49(62)2)66-32-14-24-58-75(66)82-43-40-79-58)54-37-38-56-72(88(64-30-12-8-21-51(64)4)68-34-16-26-60-77(68)84-45-42-81-60)47-71(55-36-35-53(69)73(54)74(55)56)87(63-29-11-7-20-50(63)3)67-33-15-25-59-76(67)83-44-41-80-59/h5-47H,1-4H3. The van der Waals surface area contributed by atoms with Crippen molar-refractivity contribution >= 4 is 145 Å². The van der Waals surface area contributed by atoms with Crippen LogP contribution >= 0.6 is 0 Å². The summed E-state index contributed by atoms with van der Waals surface area (Å²) >= 11 is 0. The maximum absolute atomic E-state index is 5.13. The summed E-state index contributed by atoms with van der Waals surface area (Å²) in [4.78, 5) is 44.7. The van der Waals surface area contributed by atoms with Gasteiger partial charge in [-0.15, -0.1) is 0 Å². The first-order chi connectivity index (χ1) is 43.4. The number of anilines is 12. The number of fused-ring (bicyclic) bond motifs is 4. The molecule has 16 rings (SSSR count). The van der Waals surface area contributed by atoms with Gasteiger partial charge in [0.15, 0.2) is 0 Å². The Balaban J connectivity index is 1.15. The fourth-order valence-corrected chi connectivity index (χ4v) is 13.2. The molecule has 16 aromatic rings. The highest BCUT2D eigenvalue weighted by Gasteiger charge is 2.32. The topological polar surface area (TPSA) is 103 Å². The third kappa shape index (κ3) is 8.38. The Kier molecular flexibility index (Phi) is 12.5. The molecule has 11 nitrogen and oxygen atoms in total. The second-order valence-corrected chi connectivity index (χ2v) is 22.3. The second kappa shape index (κ2) is 21.1. The molecular weight excluding hydrogens is 1080 g/mol. The van der Waals surface area contributed by atoms with Crippen LogP contribution in [0.2, 0.25) is 0 Å². The van der Waals surface area contributed by atoms with Gasteiger partial charge in [-0.2, -0.15) is 0 Å². The average molecular weight is 1130 g/mol. The second-order valence-electron chi connectivity index (χ2n) is 22.3. The van der Waals surface area contributed by atoms with Crippen molar-refractivity contribution < 1.29 is 0 Å². The number of nitrogens with zero attached hydrogens (tertiary/aromatic N) is 11. The molecule has 4 aromatic heterocycles. The van der Waals surface area contributed by atoms with Crippen LogP contribution < -0.4 is 19.6 Å². The van der Waals surface area contributed by atoms with Crippen molar-refractivity contribution in [3.05, 3.63) is 284 Å². The predicted molar refractivity (Wildman–Crippen MR) is 362 cm³/mol. The van der Waals surface area contributed by atoms with Gasteiger partial charge in [0.1, 0.15) is 16.6 Å². The number of aromatic nitrogens is 7. The van der Waals surface area contributed by atoms with Gasteiger partial charge in [-0.05, 0) is 147 Å². The number of pyridine rings is 1. The number of rotatable bonds is 12. The molecule has 88 heavy (non-hydrogen) atoms. The third-order valence-corrected chi connectivity index (χ3v) is 17.2. The molecule has 11 heteroatoms. The number of benzene rings is 12. The van der Waals surface area contributed by atoms with Crippen LogP contribution in [0.5, 0.6) is 0 Å². The van der Waals surface area contributed by atoms with Crippen molar-refractivity contribution in [2.45, 2.75) is 27.7 Å². The maximum Gasteiger partial charge on any atom is 0.113 e. The number of hydrogen-bond acceptors (Lipinski definition) is 11. The Hall–Kier alpha value is -11.7. The van der Waals surface area contributed by atoms with E-state index < -0.39 is 0 Å². The summed E-state index contributed by atoms with van der Waals surface area (Å²) in [6.07, 6.45) is 12.5. The van der Waals surface area contributed by atoms with Crippen molar-refractivity contribution in [1.82, 2.24) is 34.9 Å². The summed E-state index contributed by atoms with van der Waals surface area (Å²) in [5.41, 5.74) is 21.5. The Labute approximate surface area is 508 Å². The summed E-state index contributed by atoms with van der Waals surface area (Å²) in [5, 5.41) is 7.28. The van der Waals surface area contributed by atoms with Crippen molar-refractivity contribution in [2.24, 2.45) is 0 Å². The molecule has 4 heterocycles. The van der Waals surface area contributed by atoms with Gasteiger partial charge in [0, 0.05) is 104 Å². The fourth-order valence-electron chi connectivity index (χ4n) is 13.2. The van der Waals surface area contributed by atoms with Gasteiger partial charge in [0.05, 0.1) is 67.6 Å². The van der Waals surface area contributed by atoms with E-state index in [2.05, 4.69) is 241 Å². The molecule has 0 spiro atoms. The third-order valence-electron chi connectivity index (χ3n) is 17.2. The van der Waals surface area contributed by atoms with Crippen molar-refractivity contribution in [2.75, 3.05) is 19.6 Å². The molecule has 0 unspecified atom stereocenters. The monoisotopic (exact) mass is 1130 g/mol. The van der Waals surface area contributed by atoms with Crippen LogP contribution in [0, 0.1) is 27.7 Å². The highest BCUT2D eigenvalue weighted by molar-refractivity contribution is 6.33.